The molecule has 17 heavy (non-hydrogen) atoms. The zero-order valence-corrected chi connectivity index (χ0v) is 10.8. The molecular formula is C11H18N2O3S. The summed E-state index contributed by atoms with van der Waals surface area (Å²) in [5.41, 5.74) is 6.04. The molecule has 6 heteroatoms. The molecule has 5 nitrogen and oxygen atoms in total. The number of sulfonamides is 1. The van der Waals surface area contributed by atoms with E-state index in [4.69, 9.17) is 10.5 Å². The van der Waals surface area contributed by atoms with Crippen LogP contribution in [0.25, 0.3) is 0 Å². The van der Waals surface area contributed by atoms with Gasteiger partial charge in [-0.2, -0.15) is 0 Å². The number of anilines is 1. The summed E-state index contributed by atoms with van der Waals surface area (Å²) in [6.45, 7) is 2.25. The van der Waals surface area contributed by atoms with Gasteiger partial charge < -0.3 is 10.5 Å². The second-order valence-corrected chi connectivity index (χ2v) is 5.46. The van der Waals surface area contributed by atoms with Crippen molar-refractivity contribution in [1.82, 2.24) is 4.72 Å². The second-order valence-electron chi connectivity index (χ2n) is 3.75. The van der Waals surface area contributed by atoms with Crippen molar-refractivity contribution in [2.45, 2.75) is 24.3 Å². The second kappa shape index (κ2) is 6.00. The lowest BCUT2D eigenvalue weighted by molar-refractivity contribution is 0.173. The van der Waals surface area contributed by atoms with Crippen LogP contribution in [0, 0.1) is 0 Å². The molecule has 1 atom stereocenters. The van der Waals surface area contributed by atoms with Crippen molar-refractivity contribution < 1.29 is 13.2 Å². The topological polar surface area (TPSA) is 81.4 Å². The molecular weight excluding hydrogens is 240 g/mol. The number of benzene rings is 1. The molecule has 0 fully saturated rings. The minimum absolute atomic E-state index is 0.209. The van der Waals surface area contributed by atoms with E-state index in [2.05, 4.69) is 4.72 Å². The van der Waals surface area contributed by atoms with Gasteiger partial charge >= 0.3 is 0 Å². The average molecular weight is 258 g/mol. The highest BCUT2D eigenvalue weighted by Gasteiger charge is 2.18. The molecule has 0 bridgehead atoms. The van der Waals surface area contributed by atoms with Crippen molar-refractivity contribution in [1.29, 1.82) is 0 Å². The van der Waals surface area contributed by atoms with E-state index in [9.17, 15) is 8.42 Å². The van der Waals surface area contributed by atoms with Crippen molar-refractivity contribution in [2.24, 2.45) is 0 Å². The standard InChI is InChI=1S/C11H18N2O3S/c1-3-10(8-16-2)13-17(14,15)11-6-4-9(12)5-7-11/h4-7,10,13H,3,8,12H2,1-2H3. The van der Waals surface area contributed by atoms with Crippen LogP contribution in [-0.4, -0.2) is 28.2 Å². The number of nitrogen functional groups attached to an aromatic ring is 1. The number of rotatable bonds is 6. The lowest BCUT2D eigenvalue weighted by Crippen LogP contribution is -2.37. The summed E-state index contributed by atoms with van der Waals surface area (Å²) in [4.78, 5) is 0.209. The summed E-state index contributed by atoms with van der Waals surface area (Å²) in [6, 6.07) is 5.87. The first-order chi connectivity index (χ1) is 7.99. The van der Waals surface area contributed by atoms with E-state index in [1.165, 1.54) is 12.1 Å². The molecule has 1 aromatic rings. The van der Waals surface area contributed by atoms with Gasteiger partial charge in [-0.3, -0.25) is 0 Å². The van der Waals surface area contributed by atoms with Crippen LogP contribution in [-0.2, 0) is 14.8 Å². The fraction of sp³-hybridized carbons (Fsp3) is 0.455. The Balaban J connectivity index is 2.84. The van der Waals surface area contributed by atoms with Gasteiger partial charge in [0.1, 0.15) is 0 Å². The van der Waals surface area contributed by atoms with Crippen LogP contribution in [0.5, 0.6) is 0 Å². The molecule has 0 aliphatic carbocycles. The van der Waals surface area contributed by atoms with Crippen molar-refractivity contribution in [3.8, 4) is 0 Å². The predicted octanol–water partition coefficient (Wildman–Crippen LogP) is 0.972. The Bertz CT molecular complexity index is 442. The maximum atomic E-state index is 12.0. The van der Waals surface area contributed by atoms with Crippen molar-refractivity contribution in [2.75, 3.05) is 19.5 Å². The van der Waals surface area contributed by atoms with E-state index in [1.807, 2.05) is 6.92 Å². The van der Waals surface area contributed by atoms with Crippen LogP contribution in [0.4, 0.5) is 5.69 Å². The van der Waals surface area contributed by atoms with Gasteiger partial charge in [0.2, 0.25) is 10.0 Å². The Morgan fingerprint density at radius 2 is 1.94 bits per heavy atom. The molecule has 0 saturated carbocycles. The monoisotopic (exact) mass is 258 g/mol. The van der Waals surface area contributed by atoms with Gasteiger partial charge in [-0.05, 0) is 30.7 Å². The van der Waals surface area contributed by atoms with E-state index < -0.39 is 10.0 Å². The fourth-order valence-corrected chi connectivity index (χ4v) is 2.67. The van der Waals surface area contributed by atoms with Crippen LogP contribution in [0.1, 0.15) is 13.3 Å². The molecule has 1 aromatic carbocycles. The highest BCUT2D eigenvalue weighted by Crippen LogP contribution is 2.12. The van der Waals surface area contributed by atoms with Crippen molar-refractivity contribution in [3.63, 3.8) is 0 Å². The summed E-state index contributed by atoms with van der Waals surface area (Å²) in [7, 11) is -1.95. The minimum Gasteiger partial charge on any atom is -0.399 e. The molecule has 0 saturated heterocycles. The van der Waals surface area contributed by atoms with Gasteiger partial charge in [0.15, 0.2) is 0 Å². The Morgan fingerprint density at radius 3 is 2.41 bits per heavy atom. The molecule has 0 spiro atoms. The first-order valence-electron chi connectivity index (χ1n) is 5.36. The quantitative estimate of drug-likeness (QED) is 0.745. The summed E-state index contributed by atoms with van der Waals surface area (Å²) in [5, 5.41) is 0. The van der Waals surface area contributed by atoms with Crippen LogP contribution in [0.3, 0.4) is 0 Å². The smallest absolute Gasteiger partial charge is 0.240 e. The normalized spacial score (nSPS) is 13.5. The van der Waals surface area contributed by atoms with Crippen LogP contribution in [0.2, 0.25) is 0 Å². The number of methoxy groups -OCH3 is 1. The lowest BCUT2D eigenvalue weighted by atomic mass is 10.3. The Hall–Kier alpha value is -1.11. The number of hydrogen-bond acceptors (Lipinski definition) is 4. The first kappa shape index (κ1) is 14.0. The van der Waals surface area contributed by atoms with Crippen LogP contribution in [0.15, 0.2) is 29.2 Å². The Labute approximate surface area is 102 Å². The summed E-state index contributed by atoms with van der Waals surface area (Å²) < 4.78 is 31.5. The number of ether oxygens (including phenoxy) is 1. The largest absolute Gasteiger partial charge is 0.399 e. The third-order valence-corrected chi connectivity index (χ3v) is 3.91. The van der Waals surface area contributed by atoms with E-state index in [0.29, 0.717) is 18.7 Å². The van der Waals surface area contributed by atoms with E-state index >= 15 is 0 Å². The van der Waals surface area contributed by atoms with Crippen LogP contribution < -0.4 is 10.5 Å². The summed E-state index contributed by atoms with van der Waals surface area (Å²) in [5.74, 6) is 0. The molecule has 0 amide bonds. The van der Waals surface area contributed by atoms with Gasteiger partial charge in [0.05, 0.1) is 11.5 Å². The zero-order valence-electron chi connectivity index (χ0n) is 10.0. The molecule has 0 aromatic heterocycles. The average Bonchev–Trinajstić information content (AvgIpc) is 2.28. The third-order valence-electron chi connectivity index (χ3n) is 2.37. The van der Waals surface area contributed by atoms with Crippen molar-refractivity contribution in [3.05, 3.63) is 24.3 Å². The molecule has 0 radical (unpaired) electrons. The maximum Gasteiger partial charge on any atom is 0.240 e. The molecule has 1 unspecified atom stereocenters. The fourth-order valence-electron chi connectivity index (χ4n) is 1.37. The molecule has 1 rings (SSSR count). The van der Waals surface area contributed by atoms with Gasteiger partial charge in [-0.25, -0.2) is 13.1 Å². The number of nitrogens with two attached hydrogens (primary N) is 1. The lowest BCUT2D eigenvalue weighted by Gasteiger charge is -2.16. The number of hydrogen-bond donors (Lipinski definition) is 2. The molecule has 0 aliphatic rings. The molecule has 96 valence electrons. The van der Waals surface area contributed by atoms with E-state index in [-0.39, 0.29) is 10.9 Å². The first-order valence-corrected chi connectivity index (χ1v) is 6.84. The number of nitrogens with one attached hydrogen (secondary N) is 1. The third kappa shape index (κ3) is 3.99. The van der Waals surface area contributed by atoms with Gasteiger partial charge in [-0.1, -0.05) is 6.92 Å². The van der Waals surface area contributed by atoms with Crippen LogP contribution >= 0.6 is 0 Å². The highest BCUT2D eigenvalue weighted by molar-refractivity contribution is 7.89. The summed E-state index contributed by atoms with van der Waals surface area (Å²) in [6.07, 6.45) is 0.669. The van der Waals surface area contributed by atoms with E-state index in [1.54, 1.807) is 19.2 Å². The highest BCUT2D eigenvalue weighted by atomic mass is 32.2. The van der Waals surface area contributed by atoms with Gasteiger partial charge in [0, 0.05) is 18.8 Å². The molecule has 0 aliphatic heterocycles. The predicted molar refractivity (Wildman–Crippen MR) is 67.1 cm³/mol. The van der Waals surface area contributed by atoms with Crippen molar-refractivity contribution >= 4 is 15.7 Å². The summed E-state index contributed by atoms with van der Waals surface area (Å²) >= 11 is 0. The Kier molecular flexibility index (Phi) is 4.92. The molecule has 0 heterocycles. The maximum absolute atomic E-state index is 12.0. The van der Waals surface area contributed by atoms with E-state index in [0.717, 1.165) is 0 Å². The zero-order chi connectivity index (χ0) is 12.9. The molecule has 3 N–H and O–H groups in total. The Morgan fingerprint density at radius 1 is 1.35 bits per heavy atom. The SMILES string of the molecule is CCC(COC)NS(=O)(=O)c1ccc(N)cc1. The van der Waals surface area contributed by atoms with Gasteiger partial charge in [-0.15, -0.1) is 0 Å². The van der Waals surface area contributed by atoms with Gasteiger partial charge in [0.25, 0.3) is 0 Å². The minimum atomic E-state index is -3.50.